The third-order valence-corrected chi connectivity index (χ3v) is 11.0. The van der Waals surface area contributed by atoms with Gasteiger partial charge in [-0.2, -0.15) is 0 Å². The van der Waals surface area contributed by atoms with Crippen molar-refractivity contribution in [2.45, 2.75) is 0 Å². The van der Waals surface area contributed by atoms with Crippen molar-refractivity contribution in [1.82, 2.24) is 4.98 Å². The van der Waals surface area contributed by atoms with Crippen molar-refractivity contribution in [3.8, 4) is 22.6 Å². The lowest BCUT2D eigenvalue weighted by Gasteiger charge is -2.26. The summed E-state index contributed by atoms with van der Waals surface area (Å²) in [5.74, 6) is 0.570. The van der Waals surface area contributed by atoms with Crippen molar-refractivity contribution in [3.63, 3.8) is 0 Å². The molecule has 3 heterocycles. The predicted octanol–water partition coefficient (Wildman–Crippen LogP) is 14.7. The molecule has 0 aliphatic heterocycles. The molecule has 0 spiro atoms. The van der Waals surface area contributed by atoms with E-state index in [1.165, 1.54) is 5.39 Å². The number of benzene rings is 9. The standard InChI is InChI=1S/C51H30N2O3/c1-2-10-31(11-3-1)32-16-8-17-37(24-32)53(38-21-23-45-43(29-38)42-25-33-12-4-6-14-35(33)27-47(42)54-45)39-20-22-40-48(30-39)55-46-19-9-18-41(50(40)46)51-52-44-26-34-13-5-7-15-36(34)28-49(44)56-51/h1-30H. The fourth-order valence-corrected chi connectivity index (χ4v) is 8.35. The Kier molecular flexibility index (Phi) is 6.56. The van der Waals surface area contributed by atoms with Gasteiger partial charge in [-0.05, 0) is 112 Å². The van der Waals surface area contributed by atoms with Crippen LogP contribution < -0.4 is 4.90 Å². The van der Waals surface area contributed by atoms with Crippen LogP contribution >= 0.6 is 0 Å². The van der Waals surface area contributed by atoms with Gasteiger partial charge in [-0.25, -0.2) is 4.98 Å². The van der Waals surface area contributed by atoms with Crippen molar-refractivity contribution in [1.29, 1.82) is 0 Å². The molecule has 0 saturated carbocycles. The number of rotatable bonds is 5. The number of aromatic nitrogens is 1. The molecule has 0 aliphatic carbocycles. The van der Waals surface area contributed by atoms with E-state index in [1.807, 2.05) is 30.3 Å². The molecule has 0 amide bonds. The van der Waals surface area contributed by atoms with Crippen LogP contribution in [0.25, 0.3) is 99.1 Å². The molecule has 5 heteroatoms. The maximum atomic E-state index is 6.65. The van der Waals surface area contributed by atoms with Crippen LogP contribution in [0.5, 0.6) is 0 Å². The van der Waals surface area contributed by atoms with Gasteiger partial charge in [0.1, 0.15) is 27.8 Å². The average Bonchev–Trinajstić information content (AvgIpc) is 3.95. The fourth-order valence-electron chi connectivity index (χ4n) is 8.35. The molecule has 0 radical (unpaired) electrons. The van der Waals surface area contributed by atoms with Gasteiger partial charge in [-0.1, -0.05) is 97.1 Å². The average molecular weight is 719 g/mol. The van der Waals surface area contributed by atoms with Gasteiger partial charge in [0.15, 0.2) is 5.58 Å². The van der Waals surface area contributed by atoms with Gasteiger partial charge in [-0.15, -0.1) is 0 Å². The molecule has 3 aromatic heterocycles. The van der Waals surface area contributed by atoms with Crippen molar-refractivity contribution in [2.24, 2.45) is 0 Å². The van der Waals surface area contributed by atoms with Crippen molar-refractivity contribution in [2.75, 3.05) is 4.90 Å². The molecule has 12 aromatic rings. The van der Waals surface area contributed by atoms with Gasteiger partial charge < -0.3 is 18.2 Å². The molecule has 0 atom stereocenters. The minimum Gasteiger partial charge on any atom is -0.456 e. The summed E-state index contributed by atoms with van der Waals surface area (Å²) < 4.78 is 19.5. The molecule has 0 N–H and O–H groups in total. The minimum absolute atomic E-state index is 0.570. The third kappa shape index (κ3) is 4.84. The Morgan fingerprint density at radius 2 is 0.982 bits per heavy atom. The number of hydrogen-bond acceptors (Lipinski definition) is 5. The van der Waals surface area contributed by atoms with Crippen LogP contribution in [-0.4, -0.2) is 4.98 Å². The molecule has 0 aliphatic rings. The molecular formula is C51H30N2O3. The van der Waals surface area contributed by atoms with Gasteiger partial charge in [0.25, 0.3) is 0 Å². The molecule has 56 heavy (non-hydrogen) atoms. The molecule has 9 aromatic carbocycles. The SMILES string of the molecule is c1ccc(-c2cccc(N(c3ccc4c(c3)oc3cccc(-c5nc6cc7ccccc7cc6o5)c34)c3ccc4oc5cc6ccccc6cc5c4c3)c2)cc1. The van der Waals surface area contributed by atoms with E-state index in [1.54, 1.807) is 0 Å². The summed E-state index contributed by atoms with van der Waals surface area (Å²) in [5, 5.41) is 8.71. The van der Waals surface area contributed by atoms with E-state index in [0.29, 0.717) is 5.89 Å². The molecule has 0 unspecified atom stereocenters. The summed E-state index contributed by atoms with van der Waals surface area (Å²) in [6, 6.07) is 63.4. The molecular weight excluding hydrogens is 689 g/mol. The van der Waals surface area contributed by atoms with Crippen molar-refractivity contribution < 1.29 is 13.3 Å². The van der Waals surface area contributed by atoms with Gasteiger partial charge in [-0.3, -0.25) is 0 Å². The van der Waals surface area contributed by atoms with E-state index < -0.39 is 0 Å². The Hall–Kier alpha value is -7.63. The first-order chi connectivity index (χ1) is 27.7. The summed E-state index contributed by atoms with van der Waals surface area (Å²) >= 11 is 0. The van der Waals surface area contributed by atoms with Gasteiger partial charge in [0, 0.05) is 50.2 Å². The largest absolute Gasteiger partial charge is 0.456 e. The highest BCUT2D eigenvalue weighted by Crippen LogP contribution is 2.44. The Labute approximate surface area is 320 Å². The number of fused-ring (bicyclic) bond motifs is 9. The smallest absolute Gasteiger partial charge is 0.228 e. The summed E-state index contributed by atoms with van der Waals surface area (Å²) in [6.45, 7) is 0. The maximum Gasteiger partial charge on any atom is 0.228 e. The number of anilines is 3. The topological polar surface area (TPSA) is 55.6 Å². The van der Waals surface area contributed by atoms with E-state index in [4.69, 9.17) is 18.2 Å². The van der Waals surface area contributed by atoms with E-state index in [2.05, 4.69) is 157 Å². The van der Waals surface area contributed by atoms with Crippen LogP contribution in [0.1, 0.15) is 0 Å². The monoisotopic (exact) mass is 718 g/mol. The zero-order chi connectivity index (χ0) is 36.7. The zero-order valence-electron chi connectivity index (χ0n) is 29.9. The lowest BCUT2D eigenvalue weighted by molar-refractivity contribution is 0.620. The van der Waals surface area contributed by atoms with Crippen molar-refractivity contribution >= 4 is 93.6 Å². The van der Waals surface area contributed by atoms with E-state index in [-0.39, 0.29) is 0 Å². The predicted molar refractivity (Wildman–Crippen MR) is 229 cm³/mol. The van der Waals surface area contributed by atoms with Crippen LogP contribution in [0.4, 0.5) is 17.1 Å². The summed E-state index contributed by atoms with van der Waals surface area (Å²) in [5.41, 5.74) is 11.1. The fraction of sp³-hybridized carbons (Fsp3) is 0. The summed E-state index contributed by atoms with van der Waals surface area (Å²) in [6.07, 6.45) is 0. The lowest BCUT2D eigenvalue weighted by atomic mass is 10.0. The minimum atomic E-state index is 0.570. The second-order valence-corrected chi connectivity index (χ2v) is 14.4. The quantitative estimate of drug-likeness (QED) is 0.177. The summed E-state index contributed by atoms with van der Waals surface area (Å²) in [7, 11) is 0. The molecule has 5 nitrogen and oxygen atoms in total. The normalized spacial score (nSPS) is 11.9. The Morgan fingerprint density at radius 3 is 1.82 bits per heavy atom. The Morgan fingerprint density at radius 1 is 0.357 bits per heavy atom. The first kappa shape index (κ1) is 30.8. The first-order valence-corrected chi connectivity index (χ1v) is 18.8. The van der Waals surface area contributed by atoms with Gasteiger partial charge in [0.05, 0.1) is 0 Å². The number of hydrogen-bond donors (Lipinski definition) is 0. The zero-order valence-corrected chi connectivity index (χ0v) is 29.9. The van der Waals surface area contributed by atoms with Crippen LogP contribution in [0.2, 0.25) is 0 Å². The Balaban J connectivity index is 1.04. The molecule has 0 fully saturated rings. The second kappa shape index (κ2) is 11.9. The number of nitrogens with zero attached hydrogens (tertiary/aromatic N) is 2. The Bertz CT molecular complexity index is 3450. The molecule has 12 rings (SSSR count). The van der Waals surface area contributed by atoms with Crippen molar-refractivity contribution in [3.05, 3.63) is 182 Å². The van der Waals surface area contributed by atoms with E-state index in [0.717, 1.165) is 105 Å². The highest BCUT2D eigenvalue weighted by molar-refractivity contribution is 6.14. The molecule has 262 valence electrons. The maximum absolute atomic E-state index is 6.65. The first-order valence-electron chi connectivity index (χ1n) is 18.8. The summed E-state index contributed by atoms with van der Waals surface area (Å²) in [4.78, 5) is 7.26. The highest BCUT2D eigenvalue weighted by atomic mass is 16.4. The highest BCUT2D eigenvalue weighted by Gasteiger charge is 2.21. The third-order valence-electron chi connectivity index (χ3n) is 11.0. The van der Waals surface area contributed by atoms with Crippen LogP contribution in [0.15, 0.2) is 195 Å². The number of furan rings is 2. The van der Waals surface area contributed by atoms with Crippen LogP contribution in [0.3, 0.4) is 0 Å². The van der Waals surface area contributed by atoms with Gasteiger partial charge >= 0.3 is 0 Å². The van der Waals surface area contributed by atoms with Crippen LogP contribution in [0, 0.1) is 0 Å². The van der Waals surface area contributed by atoms with E-state index >= 15 is 0 Å². The second-order valence-electron chi connectivity index (χ2n) is 14.4. The van der Waals surface area contributed by atoms with Crippen LogP contribution in [-0.2, 0) is 0 Å². The lowest BCUT2D eigenvalue weighted by Crippen LogP contribution is -2.10. The van der Waals surface area contributed by atoms with Gasteiger partial charge in [0.2, 0.25) is 5.89 Å². The molecule has 0 saturated heterocycles. The molecule has 0 bridgehead atoms. The number of oxazole rings is 1. The van der Waals surface area contributed by atoms with E-state index in [9.17, 15) is 0 Å².